The SMILES string of the molecule is CCCCSCC(=O)NCC1(C(=O)O)CCCC1. The highest BCUT2D eigenvalue weighted by molar-refractivity contribution is 7.99. The molecule has 0 bridgehead atoms. The second-order valence-electron chi connectivity index (χ2n) is 4.98. The van der Waals surface area contributed by atoms with Crippen molar-refractivity contribution in [2.24, 2.45) is 5.41 Å². The monoisotopic (exact) mass is 273 g/mol. The van der Waals surface area contributed by atoms with Crippen molar-refractivity contribution in [1.82, 2.24) is 5.32 Å². The van der Waals surface area contributed by atoms with Crippen molar-refractivity contribution >= 4 is 23.6 Å². The van der Waals surface area contributed by atoms with Crippen molar-refractivity contribution in [2.75, 3.05) is 18.1 Å². The fraction of sp³-hybridized carbons (Fsp3) is 0.846. The van der Waals surface area contributed by atoms with Gasteiger partial charge in [-0.1, -0.05) is 26.2 Å². The summed E-state index contributed by atoms with van der Waals surface area (Å²) < 4.78 is 0. The average molecular weight is 273 g/mol. The Balaban J connectivity index is 2.26. The van der Waals surface area contributed by atoms with E-state index in [-0.39, 0.29) is 12.5 Å². The standard InChI is InChI=1S/C13H23NO3S/c1-2-3-8-18-9-11(15)14-10-13(12(16)17)6-4-5-7-13/h2-10H2,1H3,(H,14,15)(H,16,17). The molecule has 0 aromatic heterocycles. The second kappa shape index (κ2) is 7.67. The molecule has 0 unspecified atom stereocenters. The molecule has 1 aliphatic rings. The molecule has 104 valence electrons. The van der Waals surface area contributed by atoms with Crippen LogP contribution in [0.25, 0.3) is 0 Å². The normalized spacial score (nSPS) is 17.6. The van der Waals surface area contributed by atoms with Gasteiger partial charge in [-0.2, -0.15) is 11.8 Å². The van der Waals surface area contributed by atoms with E-state index in [0.717, 1.165) is 31.4 Å². The fourth-order valence-electron chi connectivity index (χ4n) is 2.25. The lowest BCUT2D eigenvalue weighted by Gasteiger charge is -2.23. The van der Waals surface area contributed by atoms with Crippen LogP contribution in [0.15, 0.2) is 0 Å². The largest absolute Gasteiger partial charge is 0.481 e. The van der Waals surface area contributed by atoms with Crippen molar-refractivity contribution < 1.29 is 14.7 Å². The molecule has 1 saturated carbocycles. The van der Waals surface area contributed by atoms with Gasteiger partial charge in [-0.15, -0.1) is 0 Å². The summed E-state index contributed by atoms with van der Waals surface area (Å²) in [4.78, 5) is 22.9. The Labute approximate surface area is 113 Å². The van der Waals surface area contributed by atoms with Crippen LogP contribution in [0, 0.1) is 5.41 Å². The van der Waals surface area contributed by atoms with Crippen LogP contribution >= 0.6 is 11.8 Å². The number of carbonyl (C=O) groups is 2. The number of hydrogen-bond donors (Lipinski definition) is 2. The molecule has 1 fully saturated rings. The van der Waals surface area contributed by atoms with Crippen LogP contribution in [0.4, 0.5) is 0 Å². The summed E-state index contributed by atoms with van der Waals surface area (Å²) in [7, 11) is 0. The minimum Gasteiger partial charge on any atom is -0.481 e. The third-order valence-corrected chi connectivity index (χ3v) is 4.56. The van der Waals surface area contributed by atoms with Crippen LogP contribution in [0.5, 0.6) is 0 Å². The molecule has 0 saturated heterocycles. The molecule has 0 spiro atoms. The molecule has 18 heavy (non-hydrogen) atoms. The van der Waals surface area contributed by atoms with Crippen molar-refractivity contribution in [3.63, 3.8) is 0 Å². The number of carbonyl (C=O) groups excluding carboxylic acids is 1. The molecule has 0 aromatic carbocycles. The van der Waals surface area contributed by atoms with Gasteiger partial charge in [0.1, 0.15) is 0 Å². The Kier molecular flexibility index (Phi) is 6.54. The minimum atomic E-state index is -0.765. The summed E-state index contributed by atoms with van der Waals surface area (Å²) in [6.07, 6.45) is 5.53. The Bertz CT molecular complexity index is 288. The summed E-state index contributed by atoms with van der Waals surface area (Å²) in [5.74, 6) is 0.631. The number of carboxylic acid groups (broad SMARTS) is 1. The lowest BCUT2D eigenvalue weighted by molar-refractivity contribution is -0.148. The van der Waals surface area contributed by atoms with Gasteiger partial charge >= 0.3 is 5.97 Å². The maximum absolute atomic E-state index is 11.6. The molecule has 0 aliphatic heterocycles. The summed E-state index contributed by atoms with van der Waals surface area (Å²) in [6.45, 7) is 2.41. The number of thioether (sulfide) groups is 1. The molecular formula is C13H23NO3S. The van der Waals surface area contributed by atoms with Crippen LogP contribution in [-0.2, 0) is 9.59 Å². The van der Waals surface area contributed by atoms with Crippen LogP contribution in [0.1, 0.15) is 45.4 Å². The number of rotatable bonds is 8. The van der Waals surface area contributed by atoms with Crippen molar-refractivity contribution in [3.05, 3.63) is 0 Å². The second-order valence-corrected chi connectivity index (χ2v) is 6.08. The molecule has 0 radical (unpaired) electrons. The smallest absolute Gasteiger partial charge is 0.311 e. The number of hydrogen-bond acceptors (Lipinski definition) is 3. The molecule has 0 aromatic rings. The maximum Gasteiger partial charge on any atom is 0.311 e. The quantitative estimate of drug-likeness (QED) is 0.666. The highest BCUT2D eigenvalue weighted by Gasteiger charge is 2.41. The van der Waals surface area contributed by atoms with Gasteiger partial charge in [-0.25, -0.2) is 0 Å². The molecule has 0 atom stereocenters. The first kappa shape index (κ1) is 15.3. The van der Waals surface area contributed by atoms with E-state index in [2.05, 4.69) is 12.2 Å². The van der Waals surface area contributed by atoms with Gasteiger partial charge < -0.3 is 10.4 Å². The highest BCUT2D eigenvalue weighted by atomic mass is 32.2. The molecule has 1 aliphatic carbocycles. The molecule has 1 amide bonds. The summed E-state index contributed by atoms with van der Waals surface area (Å²) in [5.41, 5.74) is -0.705. The number of aliphatic carboxylic acids is 1. The summed E-state index contributed by atoms with van der Waals surface area (Å²) in [6, 6.07) is 0. The summed E-state index contributed by atoms with van der Waals surface area (Å²) in [5, 5.41) is 12.0. The van der Waals surface area contributed by atoms with Crippen LogP contribution in [0.2, 0.25) is 0 Å². The average Bonchev–Trinajstić information content (AvgIpc) is 2.82. The molecule has 5 heteroatoms. The van der Waals surface area contributed by atoms with Crippen LogP contribution in [0.3, 0.4) is 0 Å². The maximum atomic E-state index is 11.6. The zero-order valence-electron chi connectivity index (χ0n) is 11.0. The Morgan fingerprint density at radius 3 is 2.56 bits per heavy atom. The van der Waals surface area contributed by atoms with Gasteiger partial charge in [0.15, 0.2) is 0 Å². The Hall–Kier alpha value is -0.710. The predicted molar refractivity (Wildman–Crippen MR) is 73.8 cm³/mol. The minimum absolute atomic E-state index is 0.0383. The number of unbranched alkanes of at least 4 members (excludes halogenated alkanes) is 1. The fourth-order valence-corrected chi connectivity index (χ4v) is 3.17. The van der Waals surface area contributed by atoms with Crippen molar-refractivity contribution in [2.45, 2.75) is 45.4 Å². The van der Waals surface area contributed by atoms with Gasteiger partial charge in [-0.05, 0) is 25.0 Å². The molecule has 2 N–H and O–H groups in total. The topological polar surface area (TPSA) is 66.4 Å². The van der Waals surface area contributed by atoms with E-state index < -0.39 is 11.4 Å². The summed E-state index contributed by atoms with van der Waals surface area (Å²) >= 11 is 1.62. The first-order valence-corrected chi connectivity index (χ1v) is 7.84. The van der Waals surface area contributed by atoms with Gasteiger partial charge in [-0.3, -0.25) is 9.59 Å². The van der Waals surface area contributed by atoms with Gasteiger partial charge in [0, 0.05) is 6.54 Å². The zero-order valence-corrected chi connectivity index (χ0v) is 11.9. The van der Waals surface area contributed by atoms with Gasteiger partial charge in [0.05, 0.1) is 11.2 Å². The van der Waals surface area contributed by atoms with Gasteiger partial charge in [0.2, 0.25) is 5.91 Å². The van der Waals surface area contributed by atoms with Crippen LogP contribution in [-0.4, -0.2) is 35.0 Å². The van der Waals surface area contributed by atoms with E-state index in [1.165, 1.54) is 0 Å². The van der Waals surface area contributed by atoms with E-state index >= 15 is 0 Å². The third-order valence-electron chi connectivity index (χ3n) is 3.51. The number of carboxylic acids is 1. The number of amides is 1. The Morgan fingerprint density at radius 2 is 2.00 bits per heavy atom. The van der Waals surface area contributed by atoms with E-state index in [0.29, 0.717) is 18.6 Å². The predicted octanol–water partition coefficient (Wildman–Crippen LogP) is 2.28. The van der Waals surface area contributed by atoms with Crippen molar-refractivity contribution in [1.29, 1.82) is 0 Å². The van der Waals surface area contributed by atoms with Crippen LogP contribution < -0.4 is 5.32 Å². The molecule has 0 heterocycles. The van der Waals surface area contributed by atoms with E-state index in [9.17, 15) is 14.7 Å². The zero-order chi connectivity index (χ0) is 13.4. The molecular weight excluding hydrogens is 250 g/mol. The van der Waals surface area contributed by atoms with Crippen molar-refractivity contribution in [3.8, 4) is 0 Å². The van der Waals surface area contributed by atoms with E-state index in [1.807, 2.05) is 0 Å². The first-order chi connectivity index (χ1) is 8.60. The molecule has 1 rings (SSSR count). The van der Waals surface area contributed by atoms with Gasteiger partial charge in [0.25, 0.3) is 0 Å². The van der Waals surface area contributed by atoms with E-state index in [1.54, 1.807) is 11.8 Å². The number of nitrogens with one attached hydrogen (secondary N) is 1. The Morgan fingerprint density at radius 1 is 1.33 bits per heavy atom. The first-order valence-electron chi connectivity index (χ1n) is 6.68. The third kappa shape index (κ3) is 4.52. The van der Waals surface area contributed by atoms with E-state index in [4.69, 9.17) is 0 Å². The molecule has 4 nitrogen and oxygen atoms in total. The lowest BCUT2D eigenvalue weighted by Crippen LogP contribution is -2.41. The highest BCUT2D eigenvalue weighted by Crippen LogP contribution is 2.37. The lowest BCUT2D eigenvalue weighted by atomic mass is 9.86.